The molecule has 2 aromatic carbocycles. The van der Waals surface area contributed by atoms with Crippen molar-refractivity contribution in [1.82, 2.24) is 4.98 Å². The highest BCUT2D eigenvalue weighted by atomic mass is 16.2. The van der Waals surface area contributed by atoms with Crippen molar-refractivity contribution < 1.29 is 4.79 Å². The third kappa shape index (κ3) is 3.24. The first-order chi connectivity index (χ1) is 13.8. The molecule has 2 aliphatic rings. The van der Waals surface area contributed by atoms with E-state index >= 15 is 0 Å². The molecule has 0 bridgehead atoms. The number of carbonyl (C=O) groups is 1. The molecule has 5 rings (SSSR count). The van der Waals surface area contributed by atoms with E-state index in [2.05, 4.69) is 34.6 Å². The first kappa shape index (κ1) is 17.2. The molecule has 0 saturated heterocycles. The Bertz CT molecular complexity index is 1010. The van der Waals surface area contributed by atoms with E-state index in [1.165, 1.54) is 37.5 Å². The number of hydrogen-bond acceptors (Lipinski definition) is 2. The average molecular weight is 371 g/mol. The van der Waals surface area contributed by atoms with Gasteiger partial charge >= 0.3 is 0 Å². The number of aliphatic imine (C=N–C) groups is 1. The molecule has 1 amide bonds. The van der Waals surface area contributed by atoms with Crippen LogP contribution < -0.4 is 5.32 Å². The van der Waals surface area contributed by atoms with E-state index in [1.807, 2.05) is 30.3 Å². The summed E-state index contributed by atoms with van der Waals surface area (Å²) in [6, 6.07) is 18.1. The molecule has 1 aliphatic carbocycles. The fraction of sp³-hybridized carbons (Fsp3) is 0.333. The highest BCUT2D eigenvalue weighted by Gasteiger charge is 2.30. The van der Waals surface area contributed by atoms with Gasteiger partial charge in [-0.3, -0.25) is 9.79 Å². The number of rotatable bonds is 3. The summed E-state index contributed by atoms with van der Waals surface area (Å²) in [6.45, 7) is 0. The summed E-state index contributed by atoms with van der Waals surface area (Å²) >= 11 is 0. The highest BCUT2D eigenvalue weighted by molar-refractivity contribution is 6.12. The molecule has 0 spiro atoms. The van der Waals surface area contributed by atoms with Gasteiger partial charge < -0.3 is 10.3 Å². The second-order valence-corrected chi connectivity index (χ2v) is 7.99. The molecule has 2 N–H and O–H groups in total. The molecule has 0 radical (unpaired) electrons. The Morgan fingerprint density at radius 1 is 0.964 bits per heavy atom. The van der Waals surface area contributed by atoms with Gasteiger partial charge in [-0.05, 0) is 36.4 Å². The van der Waals surface area contributed by atoms with E-state index in [4.69, 9.17) is 4.99 Å². The van der Waals surface area contributed by atoms with Crippen molar-refractivity contribution in [1.29, 1.82) is 0 Å². The predicted octanol–water partition coefficient (Wildman–Crippen LogP) is 5.10. The van der Waals surface area contributed by atoms with Crippen molar-refractivity contribution in [3.8, 4) is 0 Å². The molecule has 28 heavy (non-hydrogen) atoms. The molecule has 1 aliphatic heterocycles. The Morgan fingerprint density at radius 3 is 2.61 bits per heavy atom. The molecule has 1 saturated carbocycles. The van der Waals surface area contributed by atoms with Crippen LogP contribution in [0.5, 0.6) is 0 Å². The van der Waals surface area contributed by atoms with Crippen LogP contribution in [0.1, 0.15) is 43.4 Å². The highest BCUT2D eigenvalue weighted by Crippen LogP contribution is 2.32. The third-order valence-electron chi connectivity index (χ3n) is 6.05. The van der Waals surface area contributed by atoms with Crippen molar-refractivity contribution in [2.45, 2.75) is 44.6 Å². The molecular formula is C24H25N3O. The van der Waals surface area contributed by atoms with Gasteiger partial charge in [-0.1, -0.05) is 55.7 Å². The normalized spacial score (nSPS) is 20.4. The minimum atomic E-state index is -0.405. The van der Waals surface area contributed by atoms with Crippen molar-refractivity contribution in [2.75, 3.05) is 5.32 Å². The zero-order valence-corrected chi connectivity index (χ0v) is 15.9. The second-order valence-electron chi connectivity index (χ2n) is 7.99. The van der Waals surface area contributed by atoms with Gasteiger partial charge in [0.1, 0.15) is 6.04 Å². The van der Waals surface area contributed by atoms with E-state index in [-0.39, 0.29) is 5.91 Å². The number of aromatic nitrogens is 1. The molecular weight excluding hydrogens is 346 g/mol. The summed E-state index contributed by atoms with van der Waals surface area (Å²) in [5.41, 5.74) is 5.28. The lowest BCUT2D eigenvalue weighted by Crippen LogP contribution is -2.28. The van der Waals surface area contributed by atoms with Gasteiger partial charge in [0.15, 0.2) is 0 Å². The smallest absolute Gasteiger partial charge is 0.249 e. The first-order valence-electron chi connectivity index (χ1n) is 10.3. The lowest BCUT2D eigenvalue weighted by atomic mass is 9.83. The fourth-order valence-corrected chi connectivity index (χ4v) is 4.62. The predicted molar refractivity (Wildman–Crippen MR) is 114 cm³/mol. The van der Waals surface area contributed by atoms with Crippen molar-refractivity contribution >= 4 is 28.2 Å². The SMILES string of the molecule is O=C1Nc2ccccc2C(C2CCCCC2)=NC1Cc1cc2ccccc2[nH]1. The van der Waals surface area contributed by atoms with Crippen LogP contribution in [0, 0.1) is 5.92 Å². The molecule has 3 aromatic rings. The molecule has 2 heterocycles. The molecule has 1 atom stereocenters. The van der Waals surface area contributed by atoms with E-state index in [1.54, 1.807) is 0 Å². The van der Waals surface area contributed by atoms with Crippen LogP contribution in [-0.2, 0) is 11.2 Å². The number of carbonyl (C=O) groups excluding carboxylic acids is 1. The Morgan fingerprint density at radius 2 is 1.75 bits per heavy atom. The number of aromatic amines is 1. The van der Waals surface area contributed by atoms with Gasteiger partial charge in [-0.2, -0.15) is 0 Å². The van der Waals surface area contributed by atoms with Crippen LogP contribution in [0.25, 0.3) is 10.9 Å². The van der Waals surface area contributed by atoms with Gasteiger partial charge in [0, 0.05) is 40.5 Å². The van der Waals surface area contributed by atoms with Crippen LogP contribution in [-0.4, -0.2) is 22.6 Å². The number of anilines is 1. The summed E-state index contributed by atoms with van der Waals surface area (Å²) in [7, 11) is 0. The summed E-state index contributed by atoms with van der Waals surface area (Å²) in [5, 5.41) is 4.30. The number of nitrogens with zero attached hydrogens (tertiary/aromatic N) is 1. The zero-order valence-electron chi connectivity index (χ0n) is 15.9. The van der Waals surface area contributed by atoms with Crippen LogP contribution in [0.3, 0.4) is 0 Å². The Balaban J connectivity index is 1.52. The fourth-order valence-electron chi connectivity index (χ4n) is 4.62. The van der Waals surface area contributed by atoms with Gasteiger partial charge in [0.25, 0.3) is 0 Å². The number of para-hydroxylation sites is 2. The van der Waals surface area contributed by atoms with E-state index in [9.17, 15) is 4.79 Å². The number of hydrogen-bond donors (Lipinski definition) is 2. The van der Waals surface area contributed by atoms with Gasteiger partial charge in [-0.25, -0.2) is 0 Å². The van der Waals surface area contributed by atoms with Crippen LogP contribution in [0.2, 0.25) is 0 Å². The largest absolute Gasteiger partial charge is 0.358 e. The summed E-state index contributed by atoms with van der Waals surface area (Å²) in [6.07, 6.45) is 6.73. The standard InChI is InChI=1S/C24H25N3O/c28-24-22(15-18-14-17-10-4-6-12-20(17)25-18)26-23(16-8-2-1-3-9-16)19-11-5-7-13-21(19)27-24/h4-7,10-14,16,22,25H,1-3,8-9,15H2,(H,27,28). The summed E-state index contributed by atoms with van der Waals surface area (Å²) < 4.78 is 0. The van der Waals surface area contributed by atoms with Crippen LogP contribution in [0.15, 0.2) is 59.6 Å². The zero-order chi connectivity index (χ0) is 18.9. The van der Waals surface area contributed by atoms with Crippen molar-refractivity contribution in [3.05, 3.63) is 65.9 Å². The second kappa shape index (κ2) is 7.27. The molecule has 4 heteroatoms. The van der Waals surface area contributed by atoms with Crippen LogP contribution >= 0.6 is 0 Å². The van der Waals surface area contributed by atoms with E-state index in [0.29, 0.717) is 12.3 Å². The van der Waals surface area contributed by atoms with Gasteiger partial charge in [-0.15, -0.1) is 0 Å². The Labute approximate surface area is 165 Å². The number of H-pyrrole nitrogens is 1. The van der Waals surface area contributed by atoms with E-state index in [0.717, 1.165) is 28.2 Å². The summed E-state index contributed by atoms with van der Waals surface area (Å²) in [5.74, 6) is 0.435. The van der Waals surface area contributed by atoms with Crippen molar-refractivity contribution in [3.63, 3.8) is 0 Å². The van der Waals surface area contributed by atoms with Crippen molar-refractivity contribution in [2.24, 2.45) is 10.9 Å². The maximum atomic E-state index is 13.0. The maximum absolute atomic E-state index is 13.0. The topological polar surface area (TPSA) is 57.2 Å². The number of nitrogens with one attached hydrogen (secondary N) is 2. The number of fused-ring (bicyclic) bond motifs is 2. The minimum Gasteiger partial charge on any atom is -0.358 e. The van der Waals surface area contributed by atoms with Gasteiger partial charge in [0.2, 0.25) is 5.91 Å². The minimum absolute atomic E-state index is 0.0167. The number of benzodiazepines with no additional fused rings is 1. The van der Waals surface area contributed by atoms with E-state index < -0.39 is 6.04 Å². The summed E-state index contributed by atoms with van der Waals surface area (Å²) in [4.78, 5) is 21.5. The molecule has 142 valence electrons. The molecule has 1 aromatic heterocycles. The Kier molecular flexibility index (Phi) is 4.47. The molecule has 4 nitrogen and oxygen atoms in total. The average Bonchev–Trinajstić information content (AvgIpc) is 3.08. The molecule has 1 fully saturated rings. The monoisotopic (exact) mass is 371 g/mol. The molecule has 1 unspecified atom stereocenters. The number of amides is 1. The van der Waals surface area contributed by atoms with Gasteiger partial charge in [0.05, 0.1) is 0 Å². The number of benzene rings is 2. The quantitative estimate of drug-likeness (QED) is 0.661. The van der Waals surface area contributed by atoms with Crippen LogP contribution in [0.4, 0.5) is 5.69 Å². The lowest BCUT2D eigenvalue weighted by Gasteiger charge is -2.24. The third-order valence-corrected chi connectivity index (χ3v) is 6.05. The Hall–Kier alpha value is -2.88. The lowest BCUT2D eigenvalue weighted by molar-refractivity contribution is -0.117. The maximum Gasteiger partial charge on any atom is 0.249 e. The first-order valence-corrected chi connectivity index (χ1v) is 10.3.